The fraction of sp³-hybridized carbons (Fsp3) is 0.333. The molecule has 0 unspecified atom stereocenters. The van der Waals surface area contributed by atoms with Gasteiger partial charge in [0.25, 0.3) is 0 Å². The van der Waals surface area contributed by atoms with Crippen LogP contribution in [0.15, 0.2) is 66.0 Å². The molecule has 1 heterocycles. The van der Waals surface area contributed by atoms with Crippen LogP contribution in [0.5, 0.6) is 5.75 Å². The molecule has 1 fully saturated rings. The van der Waals surface area contributed by atoms with Crippen LogP contribution in [-0.2, 0) is 16.0 Å². The van der Waals surface area contributed by atoms with E-state index in [1.54, 1.807) is 36.4 Å². The molecule has 3 aromatic rings. The van der Waals surface area contributed by atoms with Crippen molar-refractivity contribution in [3.63, 3.8) is 0 Å². The second kappa shape index (κ2) is 11.3. The fourth-order valence-electron chi connectivity index (χ4n) is 4.37. The van der Waals surface area contributed by atoms with Crippen molar-refractivity contribution < 1.29 is 18.7 Å². The van der Waals surface area contributed by atoms with Crippen LogP contribution in [0.2, 0.25) is 0 Å². The van der Waals surface area contributed by atoms with Gasteiger partial charge < -0.3 is 10.1 Å². The van der Waals surface area contributed by atoms with E-state index in [-0.39, 0.29) is 24.3 Å². The number of carbonyl (C=O) groups excluding carboxylic acids is 2. The number of carbonyl (C=O) groups is 2. The van der Waals surface area contributed by atoms with E-state index in [1.165, 1.54) is 28.4 Å². The average Bonchev–Trinajstić information content (AvgIpc) is 3.53. The van der Waals surface area contributed by atoms with Crippen molar-refractivity contribution in [2.75, 3.05) is 11.5 Å². The van der Waals surface area contributed by atoms with Crippen molar-refractivity contribution in [1.82, 2.24) is 5.32 Å². The number of halogens is 1. The molecule has 2 aromatic carbocycles. The monoisotopic (exact) mass is 480 g/mol. The Morgan fingerprint density at radius 2 is 1.79 bits per heavy atom. The van der Waals surface area contributed by atoms with Crippen molar-refractivity contribution in [2.45, 2.75) is 51.1 Å². The van der Waals surface area contributed by atoms with Crippen LogP contribution in [0.3, 0.4) is 0 Å². The summed E-state index contributed by atoms with van der Waals surface area (Å²) in [6.45, 7) is 2.44. The molecule has 1 atom stereocenters. The molecule has 2 amide bonds. The number of amides is 2. The molecule has 0 spiro atoms. The largest absolute Gasteiger partial charge is 0.494 e. The number of ether oxygens (including phenoxy) is 1. The molecule has 0 radical (unpaired) electrons. The number of benzene rings is 2. The predicted octanol–water partition coefficient (Wildman–Crippen LogP) is 5.66. The van der Waals surface area contributed by atoms with Gasteiger partial charge in [-0.05, 0) is 73.2 Å². The Bertz CT molecular complexity index is 1080. The fourth-order valence-corrected chi connectivity index (χ4v) is 5.06. The number of hydrogen-bond acceptors (Lipinski definition) is 4. The van der Waals surface area contributed by atoms with Gasteiger partial charge in [0.2, 0.25) is 11.8 Å². The molecule has 1 aliphatic carbocycles. The van der Waals surface area contributed by atoms with Gasteiger partial charge in [-0.1, -0.05) is 31.0 Å². The van der Waals surface area contributed by atoms with Crippen LogP contribution in [0.4, 0.5) is 10.1 Å². The quantitative estimate of drug-likeness (QED) is 0.430. The van der Waals surface area contributed by atoms with Gasteiger partial charge in [-0.15, -0.1) is 11.3 Å². The van der Waals surface area contributed by atoms with E-state index in [0.717, 1.165) is 30.6 Å². The topological polar surface area (TPSA) is 58.6 Å². The first-order valence-electron chi connectivity index (χ1n) is 11.7. The van der Waals surface area contributed by atoms with Gasteiger partial charge >= 0.3 is 0 Å². The summed E-state index contributed by atoms with van der Waals surface area (Å²) in [6.07, 6.45) is 4.17. The van der Waals surface area contributed by atoms with E-state index >= 15 is 0 Å². The summed E-state index contributed by atoms with van der Waals surface area (Å²) in [7, 11) is 0. The number of hydrogen-bond donors (Lipinski definition) is 1. The maximum atomic E-state index is 13.7. The summed E-state index contributed by atoms with van der Waals surface area (Å²) >= 11 is 1.50. The van der Waals surface area contributed by atoms with E-state index in [2.05, 4.69) is 5.32 Å². The minimum absolute atomic E-state index is 0.0880. The first kappa shape index (κ1) is 24.0. The molecule has 178 valence electrons. The van der Waals surface area contributed by atoms with Gasteiger partial charge in [0.1, 0.15) is 17.6 Å². The summed E-state index contributed by atoms with van der Waals surface area (Å²) in [5.74, 6) is -0.170. The van der Waals surface area contributed by atoms with Crippen LogP contribution < -0.4 is 15.0 Å². The Morgan fingerprint density at radius 3 is 2.41 bits per heavy atom. The lowest BCUT2D eigenvalue weighted by Crippen LogP contribution is -2.46. The Hall–Kier alpha value is -3.19. The maximum Gasteiger partial charge on any atom is 0.248 e. The molecule has 4 rings (SSSR count). The van der Waals surface area contributed by atoms with E-state index in [9.17, 15) is 14.0 Å². The first-order valence-corrected chi connectivity index (χ1v) is 12.6. The predicted molar refractivity (Wildman–Crippen MR) is 133 cm³/mol. The average molecular weight is 481 g/mol. The molecule has 0 aliphatic heterocycles. The van der Waals surface area contributed by atoms with Crippen LogP contribution in [0.1, 0.15) is 49.1 Å². The third kappa shape index (κ3) is 5.83. The highest BCUT2D eigenvalue weighted by molar-refractivity contribution is 7.10. The van der Waals surface area contributed by atoms with Crippen LogP contribution >= 0.6 is 11.3 Å². The van der Waals surface area contributed by atoms with Crippen molar-refractivity contribution in [2.24, 2.45) is 0 Å². The Kier molecular flexibility index (Phi) is 7.95. The lowest BCUT2D eigenvalue weighted by atomic mass is 10.0. The zero-order chi connectivity index (χ0) is 23.9. The molecule has 0 saturated heterocycles. The zero-order valence-electron chi connectivity index (χ0n) is 19.2. The molecule has 0 bridgehead atoms. The highest BCUT2D eigenvalue weighted by atomic mass is 32.1. The third-order valence-electron chi connectivity index (χ3n) is 5.99. The van der Waals surface area contributed by atoms with E-state index in [4.69, 9.17) is 4.74 Å². The Morgan fingerprint density at radius 1 is 1.09 bits per heavy atom. The number of thiophene rings is 1. The highest BCUT2D eigenvalue weighted by Crippen LogP contribution is 2.31. The molecular formula is C27H29FN2O3S. The minimum atomic E-state index is -0.924. The summed E-state index contributed by atoms with van der Waals surface area (Å²) in [5, 5.41) is 5.06. The normalized spacial score (nSPS) is 14.5. The smallest absolute Gasteiger partial charge is 0.248 e. The summed E-state index contributed by atoms with van der Waals surface area (Å²) in [4.78, 5) is 29.8. The van der Waals surface area contributed by atoms with Crippen molar-refractivity contribution >= 4 is 28.8 Å². The second-order valence-electron chi connectivity index (χ2n) is 8.39. The van der Waals surface area contributed by atoms with E-state index in [0.29, 0.717) is 23.6 Å². The standard InChI is InChI=1S/C27H29FN2O3S/c1-2-33-23-15-13-22(14-16-23)30(25(31)18-24-8-5-17-34-24)26(19-9-11-20(28)12-10-19)27(32)29-21-6-3-4-7-21/h5,8-17,21,26H,2-4,6-7,18H2,1H3,(H,29,32)/t26-/m0/s1. The summed E-state index contributed by atoms with van der Waals surface area (Å²) in [5.41, 5.74) is 1.14. The minimum Gasteiger partial charge on any atom is -0.494 e. The third-order valence-corrected chi connectivity index (χ3v) is 6.87. The van der Waals surface area contributed by atoms with Crippen molar-refractivity contribution in [3.8, 4) is 5.75 Å². The Balaban J connectivity index is 1.74. The van der Waals surface area contributed by atoms with Gasteiger partial charge in [-0.3, -0.25) is 14.5 Å². The van der Waals surface area contributed by atoms with Crippen LogP contribution in [0.25, 0.3) is 0 Å². The van der Waals surface area contributed by atoms with Gasteiger partial charge in [-0.2, -0.15) is 0 Å². The highest BCUT2D eigenvalue weighted by Gasteiger charge is 2.34. The molecule has 7 heteroatoms. The molecule has 34 heavy (non-hydrogen) atoms. The number of nitrogens with zero attached hydrogens (tertiary/aromatic N) is 1. The van der Waals surface area contributed by atoms with E-state index in [1.807, 2.05) is 24.4 Å². The van der Waals surface area contributed by atoms with Crippen LogP contribution in [0, 0.1) is 5.82 Å². The summed E-state index contributed by atoms with van der Waals surface area (Å²) < 4.78 is 19.3. The molecule has 1 aliphatic rings. The molecule has 1 N–H and O–H groups in total. The van der Waals surface area contributed by atoms with Crippen LogP contribution in [-0.4, -0.2) is 24.5 Å². The molecular weight excluding hydrogens is 451 g/mol. The molecule has 1 aromatic heterocycles. The number of nitrogens with one attached hydrogen (secondary N) is 1. The van der Waals surface area contributed by atoms with Gasteiger partial charge in [-0.25, -0.2) is 4.39 Å². The van der Waals surface area contributed by atoms with Gasteiger partial charge in [0.15, 0.2) is 0 Å². The van der Waals surface area contributed by atoms with Gasteiger partial charge in [0.05, 0.1) is 13.0 Å². The zero-order valence-corrected chi connectivity index (χ0v) is 20.0. The van der Waals surface area contributed by atoms with Gasteiger partial charge in [0, 0.05) is 16.6 Å². The maximum absolute atomic E-state index is 13.7. The molecule has 5 nitrogen and oxygen atoms in total. The van der Waals surface area contributed by atoms with Crippen molar-refractivity contribution in [3.05, 3.63) is 82.3 Å². The number of anilines is 1. The van der Waals surface area contributed by atoms with E-state index < -0.39 is 11.9 Å². The SMILES string of the molecule is CCOc1ccc(N(C(=O)Cc2cccs2)[C@H](C(=O)NC2CCCC2)c2ccc(F)cc2)cc1. The lowest BCUT2D eigenvalue weighted by Gasteiger charge is -2.32. The lowest BCUT2D eigenvalue weighted by molar-refractivity contribution is -0.127. The second-order valence-corrected chi connectivity index (χ2v) is 9.42. The Labute approximate surface area is 203 Å². The molecule has 1 saturated carbocycles. The number of rotatable bonds is 9. The first-order chi connectivity index (χ1) is 16.5. The summed E-state index contributed by atoms with van der Waals surface area (Å²) in [6, 6.07) is 15.9. The van der Waals surface area contributed by atoms with Crippen molar-refractivity contribution in [1.29, 1.82) is 0 Å².